The maximum atomic E-state index is 13.1. The van der Waals surface area contributed by atoms with Crippen molar-refractivity contribution in [3.8, 4) is 11.5 Å². The molecule has 176 valence electrons. The Bertz CT molecular complexity index is 960. The van der Waals surface area contributed by atoms with E-state index in [1.54, 1.807) is 11.1 Å². The molecule has 1 fully saturated rings. The van der Waals surface area contributed by atoms with Crippen LogP contribution in [0.25, 0.3) is 0 Å². The number of ether oxygens (including phenoxy) is 2. The Balaban J connectivity index is 1.31. The highest BCUT2D eigenvalue weighted by Crippen LogP contribution is 2.32. The number of aromatic nitrogens is 2. The number of fused-ring (bicyclic) bond motifs is 1. The van der Waals surface area contributed by atoms with E-state index in [0.29, 0.717) is 36.8 Å². The van der Waals surface area contributed by atoms with Crippen molar-refractivity contribution in [1.82, 2.24) is 25.1 Å². The van der Waals surface area contributed by atoms with Crippen molar-refractivity contribution in [3.05, 3.63) is 47.5 Å². The Morgan fingerprint density at radius 3 is 2.67 bits per heavy atom. The first-order chi connectivity index (χ1) is 16.1. The zero-order valence-corrected chi connectivity index (χ0v) is 19.1. The second-order valence-electron chi connectivity index (χ2n) is 8.45. The largest absolute Gasteiger partial charge is 0.454 e. The zero-order chi connectivity index (χ0) is 23.0. The molecule has 2 aliphatic rings. The molecule has 2 aliphatic heterocycles. The van der Waals surface area contributed by atoms with Gasteiger partial charge >= 0.3 is 0 Å². The molecule has 0 radical (unpaired) electrons. The maximum Gasteiger partial charge on any atom is 0.274 e. The van der Waals surface area contributed by atoms with E-state index in [1.807, 2.05) is 25.1 Å². The number of likely N-dealkylation sites (tertiary alicyclic amines) is 1. The maximum absolute atomic E-state index is 13.1. The van der Waals surface area contributed by atoms with Gasteiger partial charge in [-0.25, -0.2) is 4.98 Å². The average molecular weight is 454 g/mol. The van der Waals surface area contributed by atoms with Crippen molar-refractivity contribution >= 4 is 11.8 Å². The quantitative estimate of drug-likeness (QED) is 0.621. The lowest BCUT2D eigenvalue weighted by molar-refractivity contribution is -0.121. The van der Waals surface area contributed by atoms with Crippen molar-refractivity contribution in [1.29, 1.82) is 0 Å². The fraction of sp³-hybridized carbons (Fsp3) is 0.500. The molecule has 1 aromatic carbocycles. The van der Waals surface area contributed by atoms with Crippen LogP contribution in [0.15, 0.2) is 30.6 Å². The van der Waals surface area contributed by atoms with E-state index in [1.165, 1.54) is 25.5 Å². The van der Waals surface area contributed by atoms with Gasteiger partial charge in [0.2, 0.25) is 12.7 Å². The Kier molecular flexibility index (Phi) is 7.72. The molecule has 9 nitrogen and oxygen atoms in total. The summed E-state index contributed by atoms with van der Waals surface area (Å²) in [4.78, 5) is 38.1. The highest BCUT2D eigenvalue weighted by atomic mass is 16.7. The minimum absolute atomic E-state index is 0.113. The van der Waals surface area contributed by atoms with Gasteiger partial charge in [0.05, 0.1) is 11.9 Å². The van der Waals surface area contributed by atoms with Crippen LogP contribution in [0.3, 0.4) is 0 Å². The smallest absolute Gasteiger partial charge is 0.274 e. The van der Waals surface area contributed by atoms with Crippen LogP contribution >= 0.6 is 0 Å². The molecule has 1 saturated heterocycles. The van der Waals surface area contributed by atoms with Gasteiger partial charge in [-0.05, 0) is 50.6 Å². The van der Waals surface area contributed by atoms with E-state index in [4.69, 9.17) is 9.47 Å². The summed E-state index contributed by atoms with van der Waals surface area (Å²) in [5.74, 6) is 1.10. The number of aryl methyl sites for hydroxylation is 1. The third kappa shape index (κ3) is 6.41. The van der Waals surface area contributed by atoms with Gasteiger partial charge in [0.1, 0.15) is 5.69 Å². The fourth-order valence-corrected chi connectivity index (χ4v) is 4.00. The Hall–Kier alpha value is -3.20. The average Bonchev–Trinajstić information content (AvgIpc) is 3.31. The van der Waals surface area contributed by atoms with Crippen LogP contribution in [0, 0.1) is 6.92 Å². The Morgan fingerprint density at radius 2 is 1.88 bits per heavy atom. The van der Waals surface area contributed by atoms with Crippen molar-refractivity contribution < 1.29 is 19.1 Å². The monoisotopic (exact) mass is 453 g/mol. The van der Waals surface area contributed by atoms with Crippen molar-refractivity contribution in [2.24, 2.45) is 0 Å². The molecule has 2 amide bonds. The van der Waals surface area contributed by atoms with E-state index in [2.05, 4.69) is 20.2 Å². The van der Waals surface area contributed by atoms with Crippen molar-refractivity contribution in [2.75, 3.05) is 39.5 Å². The van der Waals surface area contributed by atoms with Crippen LogP contribution in [0.4, 0.5) is 0 Å². The van der Waals surface area contributed by atoms with Gasteiger partial charge in [-0.2, -0.15) is 0 Å². The van der Waals surface area contributed by atoms with Crippen LogP contribution in [0.1, 0.15) is 47.4 Å². The van der Waals surface area contributed by atoms with Gasteiger partial charge in [0, 0.05) is 38.8 Å². The normalized spacial score (nSPS) is 15.3. The lowest BCUT2D eigenvalue weighted by atomic mass is 10.1. The van der Waals surface area contributed by atoms with E-state index in [9.17, 15) is 9.59 Å². The number of hydrogen-bond donors (Lipinski definition) is 1. The van der Waals surface area contributed by atoms with Gasteiger partial charge in [0.25, 0.3) is 5.91 Å². The predicted octanol–water partition coefficient (Wildman–Crippen LogP) is 2.15. The van der Waals surface area contributed by atoms with Gasteiger partial charge in [-0.15, -0.1) is 0 Å². The molecule has 0 saturated carbocycles. The number of benzene rings is 1. The first-order valence-electron chi connectivity index (χ1n) is 11.5. The van der Waals surface area contributed by atoms with E-state index in [-0.39, 0.29) is 25.0 Å². The Labute approximate surface area is 194 Å². The predicted molar refractivity (Wildman–Crippen MR) is 122 cm³/mol. The fourth-order valence-electron chi connectivity index (χ4n) is 4.00. The zero-order valence-electron chi connectivity index (χ0n) is 19.1. The van der Waals surface area contributed by atoms with Gasteiger partial charge in [-0.3, -0.25) is 14.6 Å². The first-order valence-corrected chi connectivity index (χ1v) is 11.5. The molecular formula is C24H31N5O4. The highest BCUT2D eigenvalue weighted by molar-refractivity contribution is 5.92. The minimum Gasteiger partial charge on any atom is -0.454 e. The summed E-state index contributed by atoms with van der Waals surface area (Å²) in [7, 11) is 0. The SMILES string of the molecule is Cc1cnc(C(=O)N(CCC(=O)NCc2ccc3c(c2)OCO3)CCN2CCCCC2)cn1. The number of piperidine rings is 1. The number of rotatable bonds is 9. The number of hydrogen-bond acceptors (Lipinski definition) is 7. The molecule has 3 heterocycles. The van der Waals surface area contributed by atoms with E-state index in [0.717, 1.165) is 30.9 Å². The van der Waals surface area contributed by atoms with Crippen LogP contribution in [-0.2, 0) is 11.3 Å². The van der Waals surface area contributed by atoms with Gasteiger partial charge in [0.15, 0.2) is 11.5 Å². The summed E-state index contributed by atoms with van der Waals surface area (Å²) in [5, 5.41) is 2.93. The highest BCUT2D eigenvalue weighted by Gasteiger charge is 2.20. The number of nitrogens with one attached hydrogen (secondary N) is 1. The lowest BCUT2D eigenvalue weighted by Crippen LogP contribution is -2.42. The Morgan fingerprint density at radius 1 is 1.06 bits per heavy atom. The van der Waals surface area contributed by atoms with E-state index >= 15 is 0 Å². The molecule has 2 aromatic rings. The lowest BCUT2D eigenvalue weighted by Gasteiger charge is -2.30. The third-order valence-electron chi connectivity index (χ3n) is 5.96. The molecule has 4 rings (SSSR count). The molecule has 0 atom stereocenters. The summed E-state index contributed by atoms with van der Waals surface area (Å²) in [6.45, 7) is 6.24. The van der Waals surface area contributed by atoms with E-state index < -0.39 is 0 Å². The van der Waals surface area contributed by atoms with Crippen LogP contribution in [0.5, 0.6) is 11.5 Å². The van der Waals surface area contributed by atoms with Gasteiger partial charge in [-0.1, -0.05) is 12.5 Å². The number of carbonyl (C=O) groups is 2. The molecule has 0 unspecified atom stereocenters. The molecule has 0 aliphatic carbocycles. The summed E-state index contributed by atoms with van der Waals surface area (Å²) in [6.07, 6.45) is 6.97. The number of nitrogens with zero attached hydrogens (tertiary/aromatic N) is 4. The second-order valence-corrected chi connectivity index (χ2v) is 8.45. The number of amides is 2. The van der Waals surface area contributed by atoms with Gasteiger partial charge < -0.3 is 24.6 Å². The van der Waals surface area contributed by atoms with Crippen molar-refractivity contribution in [2.45, 2.75) is 39.2 Å². The van der Waals surface area contributed by atoms with Crippen molar-refractivity contribution in [3.63, 3.8) is 0 Å². The molecule has 33 heavy (non-hydrogen) atoms. The minimum atomic E-state index is -0.192. The topological polar surface area (TPSA) is 96.9 Å². The molecule has 0 bridgehead atoms. The standard InChI is InChI=1S/C24H31N5O4/c1-18-14-26-20(16-25-18)24(31)29(12-11-28-8-3-2-4-9-28)10-7-23(30)27-15-19-5-6-21-22(13-19)33-17-32-21/h5-6,13-14,16H,2-4,7-12,15,17H2,1H3,(H,27,30). The molecule has 9 heteroatoms. The summed E-state index contributed by atoms with van der Waals surface area (Å²) >= 11 is 0. The van der Waals surface area contributed by atoms with Crippen LogP contribution < -0.4 is 14.8 Å². The second kappa shape index (κ2) is 11.1. The molecular weight excluding hydrogens is 422 g/mol. The van der Waals surface area contributed by atoms with Crippen LogP contribution in [-0.4, -0.2) is 71.1 Å². The van der Waals surface area contributed by atoms with Crippen LogP contribution in [0.2, 0.25) is 0 Å². The third-order valence-corrected chi connectivity index (χ3v) is 5.96. The molecule has 0 spiro atoms. The number of carbonyl (C=O) groups excluding carboxylic acids is 2. The summed E-state index contributed by atoms with van der Waals surface area (Å²) < 4.78 is 10.7. The first kappa shape index (κ1) is 23.0. The summed E-state index contributed by atoms with van der Waals surface area (Å²) in [5.41, 5.74) is 2.00. The molecule has 1 N–H and O–H groups in total. The molecule has 1 aromatic heterocycles. The summed E-state index contributed by atoms with van der Waals surface area (Å²) in [6, 6.07) is 5.61.